The van der Waals surface area contributed by atoms with Gasteiger partial charge in [0, 0.05) is 11.2 Å². The molecule has 0 amide bonds. The summed E-state index contributed by atoms with van der Waals surface area (Å²) in [6.45, 7) is 3.45. The van der Waals surface area contributed by atoms with E-state index in [1.54, 1.807) is 49.4 Å². The largest absolute Gasteiger partial charge is 0.462 e. The van der Waals surface area contributed by atoms with Crippen molar-refractivity contribution in [3.8, 4) is 11.1 Å². The van der Waals surface area contributed by atoms with Crippen LogP contribution in [0.3, 0.4) is 0 Å². The molecule has 0 aliphatic heterocycles. The number of carbonyl (C=O) groups excluding carboxylic acids is 1. The summed E-state index contributed by atoms with van der Waals surface area (Å²) in [5, 5.41) is 0.192. The Morgan fingerprint density at radius 1 is 1.06 bits per heavy atom. The van der Waals surface area contributed by atoms with Crippen LogP contribution in [0, 0.1) is 0 Å². The van der Waals surface area contributed by atoms with Crippen molar-refractivity contribution < 1.29 is 22.7 Å². The molecule has 3 rings (SSSR count). The van der Waals surface area contributed by atoms with Crippen LogP contribution in [0.1, 0.15) is 47.2 Å². The first kappa shape index (κ1) is 24.1. The first-order valence-corrected chi connectivity index (χ1v) is 10.6. The maximum Gasteiger partial charge on any atom is 0.396 e. The van der Waals surface area contributed by atoms with Crippen molar-refractivity contribution in [1.29, 1.82) is 0 Å². The zero-order valence-corrected chi connectivity index (χ0v) is 18.8. The molecule has 2 unspecified atom stereocenters. The van der Waals surface area contributed by atoms with Gasteiger partial charge in [0.2, 0.25) is 0 Å². The van der Waals surface area contributed by atoms with E-state index in [9.17, 15) is 18.0 Å². The van der Waals surface area contributed by atoms with Crippen molar-refractivity contribution in [3.63, 3.8) is 0 Å². The van der Waals surface area contributed by atoms with Crippen LogP contribution in [0.4, 0.5) is 13.2 Å². The second kappa shape index (κ2) is 9.92. The number of alkyl halides is 3. The van der Waals surface area contributed by atoms with Gasteiger partial charge in [-0.1, -0.05) is 54.4 Å². The Morgan fingerprint density at radius 2 is 1.78 bits per heavy atom. The zero-order valence-electron chi connectivity index (χ0n) is 17.3. The monoisotopic (exact) mass is 481 g/mol. The lowest BCUT2D eigenvalue weighted by molar-refractivity contribution is -0.154. The van der Waals surface area contributed by atoms with Gasteiger partial charge in [0.25, 0.3) is 0 Å². The molecule has 0 bridgehead atoms. The lowest BCUT2D eigenvalue weighted by atomic mass is 9.82. The summed E-state index contributed by atoms with van der Waals surface area (Å²) in [6, 6.07) is 14.2. The number of hydrogen-bond acceptors (Lipinski definition) is 3. The van der Waals surface area contributed by atoms with Crippen molar-refractivity contribution >= 4 is 29.2 Å². The van der Waals surface area contributed by atoms with Crippen LogP contribution < -0.4 is 0 Å². The topological polar surface area (TPSA) is 39.2 Å². The summed E-state index contributed by atoms with van der Waals surface area (Å²) < 4.78 is 47.0. The van der Waals surface area contributed by atoms with Crippen LogP contribution in [0.15, 0.2) is 60.8 Å². The molecule has 0 radical (unpaired) electrons. The predicted molar refractivity (Wildman–Crippen MR) is 119 cm³/mol. The number of pyridine rings is 1. The Kier molecular flexibility index (Phi) is 7.47. The number of esters is 1. The van der Waals surface area contributed by atoms with Gasteiger partial charge in [0.15, 0.2) is 0 Å². The summed E-state index contributed by atoms with van der Waals surface area (Å²) in [6.07, 6.45) is -3.26. The summed E-state index contributed by atoms with van der Waals surface area (Å²) in [4.78, 5) is 15.8. The smallest absolute Gasteiger partial charge is 0.396 e. The van der Waals surface area contributed by atoms with E-state index in [4.69, 9.17) is 27.9 Å². The molecule has 3 nitrogen and oxygen atoms in total. The fraction of sp³-hybridized carbons (Fsp3) is 0.250. The maximum absolute atomic E-state index is 14.0. The number of hydrogen-bond donors (Lipinski definition) is 0. The van der Waals surface area contributed by atoms with Gasteiger partial charge in [0.05, 0.1) is 18.1 Å². The van der Waals surface area contributed by atoms with Gasteiger partial charge in [-0.2, -0.15) is 13.2 Å². The fourth-order valence-electron chi connectivity index (χ4n) is 3.67. The SMILES string of the molecule is CCOC(=O)c1cccc(-c2ccc(C(C)C(c3ccnc(Cl)c3)C(F)(F)F)c(Cl)c2)c1. The first-order valence-electron chi connectivity index (χ1n) is 9.87. The maximum atomic E-state index is 14.0. The average molecular weight is 482 g/mol. The van der Waals surface area contributed by atoms with Gasteiger partial charge < -0.3 is 4.74 Å². The van der Waals surface area contributed by atoms with E-state index < -0.39 is 24.0 Å². The number of nitrogens with zero attached hydrogens (tertiary/aromatic N) is 1. The van der Waals surface area contributed by atoms with Gasteiger partial charge in [-0.05, 0) is 65.4 Å². The third-order valence-electron chi connectivity index (χ3n) is 5.16. The second-order valence-electron chi connectivity index (χ2n) is 7.26. The molecule has 3 aromatic rings. The third kappa shape index (κ3) is 5.43. The van der Waals surface area contributed by atoms with Crippen LogP contribution in [0.25, 0.3) is 11.1 Å². The normalized spacial score (nSPS) is 13.5. The number of rotatable bonds is 6. The van der Waals surface area contributed by atoms with Crippen LogP contribution in [-0.4, -0.2) is 23.7 Å². The van der Waals surface area contributed by atoms with Crippen LogP contribution in [-0.2, 0) is 4.74 Å². The minimum atomic E-state index is -4.51. The van der Waals surface area contributed by atoms with Crippen molar-refractivity contribution in [2.24, 2.45) is 0 Å². The van der Waals surface area contributed by atoms with E-state index in [0.29, 0.717) is 22.3 Å². The predicted octanol–water partition coefficient (Wildman–Crippen LogP) is 7.68. The molecule has 0 spiro atoms. The average Bonchev–Trinajstić information content (AvgIpc) is 2.73. The summed E-state index contributed by atoms with van der Waals surface area (Å²) >= 11 is 12.3. The summed E-state index contributed by atoms with van der Waals surface area (Å²) in [5.41, 5.74) is 2.13. The van der Waals surface area contributed by atoms with Gasteiger partial charge in [-0.3, -0.25) is 0 Å². The van der Waals surface area contributed by atoms with Crippen molar-refractivity contribution in [1.82, 2.24) is 4.98 Å². The van der Waals surface area contributed by atoms with E-state index >= 15 is 0 Å². The van der Waals surface area contributed by atoms with E-state index in [-0.39, 0.29) is 22.3 Å². The van der Waals surface area contributed by atoms with E-state index in [0.717, 1.165) is 0 Å². The Hall–Kier alpha value is -2.57. The second-order valence-corrected chi connectivity index (χ2v) is 8.05. The van der Waals surface area contributed by atoms with Crippen LogP contribution >= 0.6 is 23.2 Å². The quantitative estimate of drug-likeness (QED) is 0.267. The Bertz CT molecular complexity index is 1120. The lowest BCUT2D eigenvalue weighted by Crippen LogP contribution is -2.26. The molecule has 0 aliphatic carbocycles. The molecule has 0 fully saturated rings. The lowest BCUT2D eigenvalue weighted by Gasteiger charge is -2.28. The van der Waals surface area contributed by atoms with Gasteiger partial charge in [0.1, 0.15) is 5.15 Å². The minimum absolute atomic E-state index is 0.00752. The van der Waals surface area contributed by atoms with Crippen molar-refractivity contribution in [2.75, 3.05) is 6.61 Å². The molecule has 2 aromatic carbocycles. The minimum Gasteiger partial charge on any atom is -0.462 e. The summed E-state index contributed by atoms with van der Waals surface area (Å²) in [7, 11) is 0. The standard InChI is InChI=1S/C24H20Cl2F3NO2/c1-3-32-23(31)18-6-4-5-15(11-18)16-7-8-19(20(25)12-16)14(2)22(24(27,28)29)17-9-10-30-21(26)13-17/h4-14,22H,3H2,1-2H3. The molecule has 2 atom stereocenters. The molecular weight excluding hydrogens is 462 g/mol. The highest BCUT2D eigenvalue weighted by atomic mass is 35.5. The third-order valence-corrected chi connectivity index (χ3v) is 5.69. The van der Waals surface area contributed by atoms with Crippen molar-refractivity contribution in [3.05, 3.63) is 87.7 Å². The fourth-order valence-corrected chi connectivity index (χ4v) is 4.20. The number of ether oxygens (including phenoxy) is 1. The van der Waals surface area contributed by atoms with Crippen LogP contribution in [0.2, 0.25) is 10.2 Å². The highest BCUT2D eigenvalue weighted by Crippen LogP contribution is 2.46. The molecule has 0 N–H and O–H groups in total. The molecule has 0 saturated heterocycles. The molecule has 0 aliphatic rings. The van der Waals surface area contributed by atoms with Crippen LogP contribution in [0.5, 0.6) is 0 Å². The molecule has 1 heterocycles. The Balaban J connectivity index is 1.96. The number of aromatic nitrogens is 1. The van der Waals surface area contributed by atoms with Crippen molar-refractivity contribution in [2.45, 2.75) is 31.9 Å². The Morgan fingerprint density at radius 3 is 2.41 bits per heavy atom. The molecule has 1 aromatic heterocycles. The van der Waals surface area contributed by atoms with Gasteiger partial charge >= 0.3 is 12.1 Å². The molecule has 8 heteroatoms. The molecule has 32 heavy (non-hydrogen) atoms. The highest BCUT2D eigenvalue weighted by Gasteiger charge is 2.45. The number of carbonyl (C=O) groups is 1. The van der Waals surface area contributed by atoms with E-state index in [2.05, 4.69) is 4.98 Å². The molecule has 168 valence electrons. The Labute approximate surface area is 194 Å². The highest BCUT2D eigenvalue weighted by molar-refractivity contribution is 6.31. The van der Waals surface area contributed by atoms with E-state index in [1.165, 1.54) is 25.3 Å². The first-order chi connectivity index (χ1) is 15.1. The number of halogens is 5. The molecule has 0 saturated carbocycles. The van der Waals surface area contributed by atoms with E-state index in [1.807, 2.05) is 0 Å². The van der Waals surface area contributed by atoms with Gasteiger partial charge in [-0.25, -0.2) is 9.78 Å². The summed E-state index contributed by atoms with van der Waals surface area (Å²) in [5.74, 6) is -3.23. The number of benzene rings is 2. The molecular formula is C24H20Cl2F3NO2. The van der Waals surface area contributed by atoms with Gasteiger partial charge in [-0.15, -0.1) is 0 Å². The zero-order chi connectivity index (χ0) is 23.5.